The molecule has 26 heavy (non-hydrogen) atoms. The Balaban J connectivity index is 1.67. The maximum absolute atomic E-state index is 12.2. The van der Waals surface area contributed by atoms with E-state index in [1.165, 1.54) is 24.3 Å². The average molecular weight is 413 g/mol. The number of carbonyl (C=O) groups is 1. The fraction of sp³-hybridized carbons (Fsp3) is 0. The van der Waals surface area contributed by atoms with Gasteiger partial charge in [0.05, 0.1) is 4.92 Å². The number of benzene rings is 3. The minimum atomic E-state index is -0.537. The summed E-state index contributed by atoms with van der Waals surface area (Å²) in [7, 11) is 0. The van der Waals surface area contributed by atoms with Crippen LogP contribution in [0.4, 0.5) is 11.4 Å². The van der Waals surface area contributed by atoms with Crippen LogP contribution in [-0.2, 0) is 0 Å². The highest BCUT2D eigenvalue weighted by Gasteiger charge is 2.11. The third kappa shape index (κ3) is 4.46. The van der Waals surface area contributed by atoms with E-state index in [1.54, 1.807) is 24.3 Å². The molecule has 0 aliphatic rings. The van der Waals surface area contributed by atoms with Gasteiger partial charge in [0.15, 0.2) is 0 Å². The van der Waals surface area contributed by atoms with Crippen molar-refractivity contribution >= 4 is 33.2 Å². The SMILES string of the molecule is O=C(Nc1ccc(Oc2ccc(Br)cc2)cc1)c1cccc([N+](=O)[O-])c1. The average Bonchev–Trinajstić information content (AvgIpc) is 2.65. The van der Waals surface area contributed by atoms with Gasteiger partial charge < -0.3 is 10.1 Å². The number of nitrogens with one attached hydrogen (secondary N) is 1. The third-order valence-corrected chi connectivity index (χ3v) is 4.01. The smallest absolute Gasteiger partial charge is 0.270 e. The molecule has 6 nitrogen and oxygen atoms in total. The van der Waals surface area contributed by atoms with Crippen LogP contribution in [0.15, 0.2) is 77.3 Å². The van der Waals surface area contributed by atoms with E-state index in [-0.39, 0.29) is 11.3 Å². The fourth-order valence-corrected chi connectivity index (χ4v) is 2.47. The Morgan fingerprint density at radius 3 is 2.19 bits per heavy atom. The van der Waals surface area contributed by atoms with Crippen molar-refractivity contribution in [3.8, 4) is 11.5 Å². The molecule has 130 valence electrons. The van der Waals surface area contributed by atoms with Crippen LogP contribution >= 0.6 is 15.9 Å². The van der Waals surface area contributed by atoms with E-state index in [4.69, 9.17) is 4.74 Å². The van der Waals surface area contributed by atoms with Gasteiger partial charge in [-0.3, -0.25) is 14.9 Å². The van der Waals surface area contributed by atoms with E-state index < -0.39 is 10.8 Å². The van der Waals surface area contributed by atoms with Crippen molar-refractivity contribution in [2.45, 2.75) is 0 Å². The Kier molecular flexibility index (Phi) is 5.28. The summed E-state index contributed by atoms with van der Waals surface area (Å²) in [5, 5.41) is 13.5. The monoisotopic (exact) mass is 412 g/mol. The molecule has 1 amide bonds. The summed E-state index contributed by atoms with van der Waals surface area (Å²) in [6, 6.07) is 19.8. The number of nitrogens with zero attached hydrogens (tertiary/aromatic N) is 1. The first-order chi connectivity index (χ1) is 12.5. The van der Waals surface area contributed by atoms with Gasteiger partial charge >= 0.3 is 0 Å². The molecule has 0 atom stereocenters. The predicted octanol–water partition coefficient (Wildman–Crippen LogP) is 5.40. The first-order valence-corrected chi connectivity index (χ1v) is 8.40. The van der Waals surface area contributed by atoms with Crippen molar-refractivity contribution in [3.05, 3.63) is 92.9 Å². The maximum atomic E-state index is 12.2. The molecule has 0 bridgehead atoms. The van der Waals surface area contributed by atoms with E-state index >= 15 is 0 Å². The Hall–Kier alpha value is -3.19. The van der Waals surface area contributed by atoms with Crippen LogP contribution in [0.25, 0.3) is 0 Å². The largest absolute Gasteiger partial charge is 0.457 e. The Morgan fingerprint density at radius 1 is 0.962 bits per heavy atom. The number of amides is 1. The molecular formula is C19H13BrN2O4. The molecule has 3 rings (SSSR count). The van der Waals surface area contributed by atoms with Gasteiger partial charge in [0.25, 0.3) is 11.6 Å². The number of nitro benzene ring substituents is 1. The van der Waals surface area contributed by atoms with Crippen LogP contribution in [0.2, 0.25) is 0 Å². The van der Waals surface area contributed by atoms with Gasteiger partial charge in [0.1, 0.15) is 11.5 Å². The molecule has 0 aliphatic heterocycles. The van der Waals surface area contributed by atoms with Gasteiger partial charge in [0, 0.05) is 27.9 Å². The van der Waals surface area contributed by atoms with Crippen LogP contribution < -0.4 is 10.1 Å². The minimum absolute atomic E-state index is 0.129. The van der Waals surface area contributed by atoms with E-state index in [0.717, 1.165) is 4.47 Å². The number of non-ortho nitro benzene ring substituents is 1. The number of hydrogen-bond acceptors (Lipinski definition) is 4. The molecule has 0 unspecified atom stereocenters. The molecular weight excluding hydrogens is 400 g/mol. The van der Waals surface area contributed by atoms with Crippen LogP contribution in [0.5, 0.6) is 11.5 Å². The van der Waals surface area contributed by atoms with Gasteiger partial charge in [-0.1, -0.05) is 22.0 Å². The summed E-state index contributed by atoms with van der Waals surface area (Å²) in [4.78, 5) is 22.5. The van der Waals surface area contributed by atoms with Crippen molar-refractivity contribution in [2.75, 3.05) is 5.32 Å². The molecule has 3 aromatic rings. The quantitative estimate of drug-likeness (QED) is 0.449. The third-order valence-electron chi connectivity index (χ3n) is 3.48. The molecule has 0 saturated carbocycles. The summed E-state index contributed by atoms with van der Waals surface area (Å²) in [5.74, 6) is 0.900. The number of rotatable bonds is 5. The van der Waals surface area contributed by atoms with Gasteiger partial charge in [-0.25, -0.2) is 0 Å². The number of anilines is 1. The van der Waals surface area contributed by atoms with Crippen molar-refractivity contribution in [2.24, 2.45) is 0 Å². The molecule has 3 aromatic carbocycles. The van der Waals surface area contributed by atoms with Crippen LogP contribution in [0.1, 0.15) is 10.4 Å². The lowest BCUT2D eigenvalue weighted by atomic mass is 10.2. The lowest BCUT2D eigenvalue weighted by Gasteiger charge is -2.08. The summed E-state index contributed by atoms with van der Waals surface area (Å²) < 4.78 is 6.67. The Morgan fingerprint density at radius 2 is 1.58 bits per heavy atom. The predicted molar refractivity (Wildman–Crippen MR) is 102 cm³/mol. The molecule has 0 aliphatic carbocycles. The molecule has 0 saturated heterocycles. The van der Waals surface area contributed by atoms with E-state index in [1.807, 2.05) is 24.3 Å². The molecule has 1 N–H and O–H groups in total. The van der Waals surface area contributed by atoms with Crippen LogP contribution in [0.3, 0.4) is 0 Å². The van der Waals surface area contributed by atoms with Crippen LogP contribution in [0, 0.1) is 10.1 Å². The van der Waals surface area contributed by atoms with Crippen molar-refractivity contribution < 1.29 is 14.5 Å². The van der Waals surface area contributed by atoms with Crippen LogP contribution in [-0.4, -0.2) is 10.8 Å². The zero-order valence-electron chi connectivity index (χ0n) is 13.4. The number of ether oxygens (including phenoxy) is 1. The number of halogens is 1. The fourth-order valence-electron chi connectivity index (χ4n) is 2.21. The highest BCUT2D eigenvalue weighted by molar-refractivity contribution is 9.10. The van der Waals surface area contributed by atoms with E-state index in [2.05, 4.69) is 21.2 Å². The second kappa shape index (κ2) is 7.79. The molecule has 0 aromatic heterocycles. The Bertz CT molecular complexity index is 941. The number of hydrogen-bond donors (Lipinski definition) is 1. The molecule has 0 heterocycles. The van der Waals surface area contributed by atoms with Gasteiger partial charge in [-0.15, -0.1) is 0 Å². The van der Waals surface area contributed by atoms with E-state index in [0.29, 0.717) is 17.2 Å². The molecule has 0 radical (unpaired) electrons. The zero-order chi connectivity index (χ0) is 18.5. The number of carbonyl (C=O) groups excluding carboxylic acids is 1. The maximum Gasteiger partial charge on any atom is 0.270 e. The second-order valence-electron chi connectivity index (χ2n) is 5.34. The highest BCUT2D eigenvalue weighted by Crippen LogP contribution is 2.25. The summed E-state index contributed by atoms with van der Waals surface area (Å²) >= 11 is 3.36. The standard InChI is InChI=1S/C19H13BrN2O4/c20-14-4-8-17(9-5-14)26-18-10-6-15(7-11-18)21-19(23)13-2-1-3-16(12-13)22(24)25/h1-12H,(H,21,23). The zero-order valence-corrected chi connectivity index (χ0v) is 15.0. The summed E-state index contributed by atoms with van der Waals surface area (Å²) in [5.41, 5.74) is 0.648. The van der Waals surface area contributed by atoms with Gasteiger partial charge in [-0.05, 0) is 54.6 Å². The molecule has 0 spiro atoms. The van der Waals surface area contributed by atoms with Crippen molar-refractivity contribution in [1.82, 2.24) is 0 Å². The lowest BCUT2D eigenvalue weighted by Crippen LogP contribution is -2.11. The van der Waals surface area contributed by atoms with Gasteiger partial charge in [-0.2, -0.15) is 0 Å². The first-order valence-electron chi connectivity index (χ1n) is 7.60. The van der Waals surface area contributed by atoms with Crippen molar-refractivity contribution in [1.29, 1.82) is 0 Å². The lowest BCUT2D eigenvalue weighted by molar-refractivity contribution is -0.384. The normalized spacial score (nSPS) is 10.2. The minimum Gasteiger partial charge on any atom is -0.457 e. The van der Waals surface area contributed by atoms with Crippen molar-refractivity contribution in [3.63, 3.8) is 0 Å². The molecule has 7 heteroatoms. The van der Waals surface area contributed by atoms with Gasteiger partial charge in [0.2, 0.25) is 0 Å². The summed E-state index contributed by atoms with van der Waals surface area (Å²) in [6.45, 7) is 0. The topological polar surface area (TPSA) is 81.5 Å². The highest BCUT2D eigenvalue weighted by atomic mass is 79.9. The van der Waals surface area contributed by atoms with E-state index in [9.17, 15) is 14.9 Å². The first kappa shape index (κ1) is 17.6. The molecule has 0 fully saturated rings. The second-order valence-corrected chi connectivity index (χ2v) is 6.26. The number of nitro groups is 1. The summed E-state index contributed by atoms with van der Waals surface area (Å²) in [6.07, 6.45) is 0. The Labute approximate surface area is 157 Å².